The van der Waals surface area contributed by atoms with Gasteiger partial charge in [-0.3, -0.25) is 0 Å². The third-order valence-corrected chi connectivity index (χ3v) is 10.8. The van der Waals surface area contributed by atoms with Crippen LogP contribution < -0.4 is 10.6 Å². The van der Waals surface area contributed by atoms with E-state index in [1.165, 1.54) is 10.6 Å². The van der Waals surface area contributed by atoms with Crippen molar-refractivity contribution in [3.63, 3.8) is 0 Å². The Kier molecular flexibility index (Phi) is 8.09. The van der Waals surface area contributed by atoms with Crippen LogP contribution in [-0.4, -0.2) is 25.9 Å². The first-order valence-corrected chi connectivity index (χ1v) is 11.6. The molecule has 0 bridgehead atoms. The van der Waals surface area contributed by atoms with Gasteiger partial charge in [-0.1, -0.05) is 0 Å². The van der Waals surface area contributed by atoms with E-state index in [0.29, 0.717) is 0 Å². The van der Waals surface area contributed by atoms with Gasteiger partial charge in [0.2, 0.25) is 0 Å². The Bertz CT molecular complexity index is 544. The fourth-order valence-corrected chi connectivity index (χ4v) is 10.1. The van der Waals surface area contributed by atoms with Crippen LogP contribution in [0.3, 0.4) is 0 Å². The van der Waals surface area contributed by atoms with Crippen molar-refractivity contribution in [2.24, 2.45) is 0 Å². The summed E-state index contributed by atoms with van der Waals surface area (Å²) >= 11 is 0. The first-order chi connectivity index (χ1) is 12.2. The maximum absolute atomic E-state index is 6.18. The molecule has 0 fully saturated rings. The zero-order chi connectivity index (χ0) is 18.1. The predicted molar refractivity (Wildman–Crippen MR) is 112 cm³/mol. The minimum atomic E-state index is -2.29. The van der Waals surface area contributed by atoms with Gasteiger partial charge in [0.1, 0.15) is 0 Å². The second-order valence-corrected chi connectivity index (χ2v) is 10.8. The monoisotopic (exact) mass is 360 g/mol. The van der Waals surface area contributed by atoms with Gasteiger partial charge >= 0.3 is 153 Å². The van der Waals surface area contributed by atoms with Gasteiger partial charge in [-0.15, -0.1) is 0 Å². The van der Waals surface area contributed by atoms with E-state index in [0.717, 1.165) is 25.7 Å². The molecule has 0 N–H and O–H groups in total. The molecule has 2 nitrogen and oxygen atoms in total. The van der Waals surface area contributed by atoms with Crippen LogP contribution in [0.5, 0.6) is 0 Å². The maximum atomic E-state index is 6.18. The fourth-order valence-electron chi connectivity index (χ4n) is 4.13. The van der Waals surface area contributed by atoms with Crippen molar-refractivity contribution in [2.45, 2.75) is 51.2 Å². The van der Waals surface area contributed by atoms with Gasteiger partial charge in [0, 0.05) is 0 Å². The van der Waals surface area contributed by atoms with Gasteiger partial charge in [0.05, 0.1) is 0 Å². The van der Waals surface area contributed by atoms with Crippen molar-refractivity contribution in [2.75, 3.05) is 14.2 Å². The van der Waals surface area contributed by atoms with Crippen molar-refractivity contribution in [1.29, 1.82) is 0 Å². The number of rotatable bonds is 10. The normalized spacial score (nSPS) is 14.9. The minimum absolute atomic E-state index is 0.193. The summed E-state index contributed by atoms with van der Waals surface area (Å²) in [7, 11) is 1.44. The summed E-state index contributed by atoms with van der Waals surface area (Å²) in [5.74, 6) is 0.387. The molecule has 0 amide bonds. The summed E-state index contributed by atoms with van der Waals surface area (Å²) in [5.41, 5.74) is 0. The van der Waals surface area contributed by atoms with Crippen LogP contribution in [0.2, 0.25) is 0 Å². The van der Waals surface area contributed by atoms with Crippen LogP contribution >= 0.6 is 7.26 Å². The first-order valence-electron chi connectivity index (χ1n) is 9.42. The van der Waals surface area contributed by atoms with Gasteiger partial charge in [-0.25, -0.2) is 0 Å². The van der Waals surface area contributed by atoms with E-state index >= 15 is 0 Å². The van der Waals surface area contributed by atoms with Crippen LogP contribution in [0.4, 0.5) is 0 Å². The quantitative estimate of drug-likeness (QED) is 0.559. The predicted octanol–water partition coefficient (Wildman–Crippen LogP) is 4.93. The molecule has 0 aromatic heterocycles. The Balaban J connectivity index is 2.76. The molecule has 2 aromatic rings. The fraction of sp³-hybridized carbons (Fsp3) is 0.455. The molecule has 0 saturated carbocycles. The summed E-state index contributed by atoms with van der Waals surface area (Å²) in [5, 5.41) is 2.81. The molecule has 0 radical (unpaired) electrons. The summed E-state index contributed by atoms with van der Waals surface area (Å²) in [6.45, 7) is 4.48. The van der Waals surface area contributed by atoms with Crippen molar-refractivity contribution >= 4 is 17.9 Å². The molecule has 0 aliphatic carbocycles. The molecule has 25 heavy (non-hydrogen) atoms. The van der Waals surface area contributed by atoms with E-state index < -0.39 is 7.26 Å². The van der Waals surface area contributed by atoms with Crippen molar-refractivity contribution < 1.29 is 9.47 Å². The molecule has 0 aliphatic rings. The molecule has 2 unspecified atom stereocenters. The average Bonchev–Trinajstić information content (AvgIpc) is 2.68. The molecule has 0 aliphatic heterocycles. The Labute approximate surface area is 153 Å². The Morgan fingerprint density at radius 1 is 0.680 bits per heavy atom. The Morgan fingerprint density at radius 3 is 1.32 bits per heavy atom. The van der Waals surface area contributed by atoms with Gasteiger partial charge in [0.15, 0.2) is 0 Å². The summed E-state index contributed by atoms with van der Waals surface area (Å²) in [4.78, 5) is 0. The molecule has 0 heterocycles. The molecule has 0 saturated heterocycles. The van der Waals surface area contributed by atoms with Crippen LogP contribution in [0.15, 0.2) is 60.7 Å². The molecule has 2 aromatic carbocycles. The molecule has 138 valence electrons. The zero-order valence-corrected chi connectivity index (χ0v) is 17.1. The second kappa shape index (κ2) is 10.1. The summed E-state index contributed by atoms with van der Waals surface area (Å²) in [6.07, 6.45) is 4.32. The number of benzene rings is 2. The zero-order valence-electron chi connectivity index (χ0n) is 16.1. The van der Waals surface area contributed by atoms with Crippen LogP contribution in [0, 0.1) is 0 Å². The van der Waals surface area contributed by atoms with E-state index in [4.69, 9.17) is 9.47 Å². The molecular weight excluding hydrogens is 327 g/mol. The van der Waals surface area contributed by atoms with Crippen LogP contribution in [-0.2, 0) is 9.47 Å². The van der Waals surface area contributed by atoms with Crippen LogP contribution in [0.1, 0.15) is 39.5 Å². The average molecular weight is 360 g/mol. The van der Waals surface area contributed by atoms with Crippen molar-refractivity contribution in [3.8, 4) is 0 Å². The third kappa shape index (κ3) is 4.14. The Morgan fingerprint density at radius 2 is 1.04 bits per heavy atom. The van der Waals surface area contributed by atoms with E-state index in [1.54, 1.807) is 0 Å². The molecule has 3 heteroatoms. The number of hydrogen-bond donors (Lipinski definition) is 0. The number of ether oxygens (including phenoxy) is 2. The van der Waals surface area contributed by atoms with Gasteiger partial charge in [-0.05, 0) is 0 Å². The van der Waals surface area contributed by atoms with Crippen molar-refractivity contribution in [3.05, 3.63) is 60.7 Å². The van der Waals surface area contributed by atoms with E-state index in [9.17, 15) is 0 Å². The van der Waals surface area contributed by atoms with Gasteiger partial charge in [0.25, 0.3) is 0 Å². The second-order valence-electron chi connectivity index (χ2n) is 6.63. The van der Waals surface area contributed by atoms with E-state index in [-0.39, 0.29) is 11.7 Å². The SMILES string of the molecule is CCCC(OC)[PH](c1ccccc1)(c1ccccc1)C(CCC)OC. The molecule has 0 spiro atoms. The third-order valence-electron chi connectivity index (χ3n) is 5.19. The van der Waals surface area contributed by atoms with Gasteiger partial charge < -0.3 is 0 Å². The Hall–Kier alpha value is -1.21. The van der Waals surface area contributed by atoms with Gasteiger partial charge in [-0.2, -0.15) is 0 Å². The number of hydrogen-bond acceptors (Lipinski definition) is 2. The molecule has 2 rings (SSSR count). The van der Waals surface area contributed by atoms with E-state index in [2.05, 4.69) is 74.5 Å². The van der Waals surface area contributed by atoms with Crippen LogP contribution in [0.25, 0.3) is 0 Å². The summed E-state index contributed by atoms with van der Waals surface area (Å²) < 4.78 is 12.4. The van der Waals surface area contributed by atoms with E-state index in [1.807, 2.05) is 14.2 Å². The summed E-state index contributed by atoms with van der Waals surface area (Å²) in [6, 6.07) is 21.9. The molecular formula is C22H33O2P. The van der Waals surface area contributed by atoms with Crippen molar-refractivity contribution in [1.82, 2.24) is 0 Å². The molecule has 2 atom stereocenters. The first kappa shape index (κ1) is 20.1. The topological polar surface area (TPSA) is 18.5 Å². The standard InChI is InChI=1S/C22H33O2P/c1-5-13-21(23-3)25(22(24-4)14-6-2,19-15-9-7-10-16-19)20-17-11-8-12-18-20/h7-12,15-18,21-22,25H,5-6,13-14H2,1-4H3. The number of methoxy groups -OCH3 is 2.